The van der Waals surface area contributed by atoms with E-state index >= 15 is 0 Å². The van der Waals surface area contributed by atoms with Crippen molar-refractivity contribution in [1.29, 1.82) is 0 Å². The third kappa shape index (κ3) is 7.79. The summed E-state index contributed by atoms with van der Waals surface area (Å²) in [5.41, 5.74) is 0.824. The lowest BCUT2D eigenvalue weighted by molar-refractivity contribution is -0.155. The van der Waals surface area contributed by atoms with E-state index in [1.165, 1.54) is 0 Å². The van der Waals surface area contributed by atoms with Gasteiger partial charge in [0.15, 0.2) is 12.7 Å². The summed E-state index contributed by atoms with van der Waals surface area (Å²) in [6.45, 7) is 5.06. The minimum absolute atomic E-state index is 0.100. The summed E-state index contributed by atoms with van der Waals surface area (Å²) >= 11 is 0. The van der Waals surface area contributed by atoms with Crippen LogP contribution in [0.2, 0.25) is 0 Å². The summed E-state index contributed by atoms with van der Waals surface area (Å²) in [4.78, 5) is 38.2. The number of nitrogens with one attached hydrogen (secondary N) is 2. The number of esters is 1. The van der Waals surface area contributed by atoms with Crippen LogP contribution in [0.1, 0.15) is 26.3 Å². The lowest BCUT2D eigenvalue weighted by Crippen LogP contribution is -2.56. The van der Waals surface area contributed by atoms with Crippen LogP contribution in [0, 0.1) is 5.92 Å². The van der Waals surface area contributed by atoms with E-state index in [4.69, 9.17) is 9.47 Å². The van der Waals surface area contributed by atoms with Crippen molar-refractivity contribution in [2.24, 2.45) is 5.92 Å². The van der Waals surface area contributed by atoms with E-state index in [2.05, 4.69) is 10.6 Å². The molecule has 0 aliphatic carbocycles. The number of ether oxygens (including phenoxy) is 2. The van der Waals surface area contributed by atoms with Gasteiger partial charge in [0.1, 0.15) is 11.8 Å². The molecule has 0 fully saturated rings. The van der Waals surface area contributed by atoms with Crippen molar-refractivity contribution in [3.63, 3.8) is 0 Å². The van der Waals surface area contributed by atoms with Crippen molar-refractivity contribution in [3.05, 3.63) is 78.4 Å². The molecule has 3 aromatic rings. The maximum absolute atomic E-state index is 13.2. The fourth-order valence-electron chi connectivity index (χ4n) is 3.99. The summed E-state index contributed by atoms with van der Waals surface area (Å²) < 4.78 is 10.7. The fourth-order valence-corrected chi connectivity index (χ4v) is 3.99. The molecule has 0 aliphatic heterocycles. The van der Waals surface area contributed by atoms with Gasteiger partial charge in [-0.15, -0.1) is 0 Å². The zero-order chi connectivity index (χ0) is 26.8. The first-order valence-electron chi connectivity index (χ1n) is 12.4. The highest BCUT2D eigenvalue weighted by Crippen LogP contribution is 2.25. The van der Waals surface area contributed by atoms with Gasteiger partial charge in [0.05, 0.1) is 12.6 Å². The van der Waals surface area contributed by atoms with Gasteiger partial charge in [0, 0.05) is 5.39 Å². The maximum Gasteiger partial charge on any atom is 0.337 e. The predicted molar refractivity (Wildman–Crippen MR) is 141 cm³/mol. The Morgan fingerprint density at radius 1 is 0.892 bits per heavy atom. The first-order chi connectivity index (χ1) is 17.8. The molecule has 8 heteroatoms. The summed E-state index contributed by atoms with van der Waals surface area (Å²) in [5, 5.41) is 18.0. The number of benzene rings is 3. The Morgan fingerprint density at radius 2 is 1.57 bits per heavy atom. The number of aliphatic hydroxyl groups is 1. The molecular weight excluding hydrogens is 472 g/mol. The highest BCUT2D eigenvalue weighted by atomic mass is 16.5. The SMILES string of the molecule is CCOC(=O)[C@@H](O)[C@H](Cc1ccccc1)NC(=O)[C@H](NC(=O)COc1cccc2ccccc12)C(C)C. The molecule has 0 saturated heterocycles. The second-order valence-electron chi connectivity index (χ2n) is 9.06. The van der Waals surface area contributed by atoms with E-state index in [1.807, 2.05) is 66.7 Å². The van der Waals surface area contributed by atoms with Crippen molar-refractivity contribution in [2.45, 2.75) is 45.4 Å². The molecule has 37 heavy (non-hydrogen) atoms. The number of hydrogen-bond acceptors (Lipinski definition) is 6. The number of fused-ring (bicyclic) bond motifs is 1. The zero-order valence-corrected chi connectivity index (χ0v) is 21.3. The largest absolute Gasteiger partial charge is 0.483 e. The van der Waals surface area contributed by atoms with Gasteiger partial charge in [-0.1, -0.05) is 80.6 Å². The Bertz CT molecular complexity index is 1190. The Kier molecular flexibility index (Phi) is 10.0. The molecule has 0 heterocycles. The van der Waals surface area contributed by atoms with Crippen molar-refractivity contribution in [3.8, 4) is 5.75 Å². The Hall–Kier alpha value is -3.91. The highest BCUT2D eigenvalue weighted by Gasteiger charge is 2.32. The number of amides is 2. The number of hydrogen-bond donors (Lipinski definition) is 3. The third-order valence-electron chi connectivity index (χ3n) is 5.91. The van der Waals surface area contributed by atoms with E-state index in [9.17, 15) is 19.5 Å². The van der Waals surface area contributed by atoms with Gasteiger partial charge in [-0.25, -0.2) is 4.79 Å². The van der Waals surface area contributed by atoms with Crippen LogP contribution in [-0.2, 0) is 25.5 Å². The topological polar surface area (TPSA) is 114 Å². The summed E-state index contributed by atoms with van der Waals surface area (Å²) in [6, 6.07) is 20.6. The molecule has 3 rings (SSSR count). The summed E-state index contributed by atoms with van der Waals surface area (Å²) in [6.07, 6.45) is -1.36. The van der Waals surface area contributed by atoms with E-state index in [-0.39, 0.29) is 25.6 Å². The molecule has 2 amide bonds. The normalized spacial score (nSPS) is 13.4. The van der Waals surface area contributed by atoms with Crippen LogP contribution in [0.5, 0.6) is 5.75 Å². The van der Waals surface area contributed by atoms with Crippen molar-refractivity contribution in [2.75, 3.05) is 13.2 Å². The van der Waals surface area contributed by atoms with Crippen LogP contribution in [-0.4, -0.2) is 54.3 Å². The van der Waals surface area contributed by atoms with Crippen LogP contribution in [0.3, 0.4) is 0 Å². The summed E-state index contributed by atoms with van der Waals surface area (Å²) in [5.74, 6) is -1.50. The van der Waals surface area contributed by atoms with E-state index in [1.54, 1.807) is 26.8 Å². The third-order valence-corrected chi connectivity index (χ3v) is 5.91. The quantitative estimate of drug-likeness (QED) is 0.326. The van der Waals surface area contributed by atoms with Gasteiger partial charge in [-0.2, -0.15) is 0 Å². The molecule has 0 aliphatic rings. The Morgan fingerprint density at radius 3 is 2.27 bits per heavy atom. The van der Waals surface area contributed by atoms with E-state index < -0.39 is 36.0 Å². The second kappa shape index (κ2) is 13.4. The summed E-state index contributed by atoms with van der Waals surface area (Å²) in [7, 11) is 0. The molecule has 8 nitrogen and oxygen atoms in total. The van der Waals surface area contributed by atoms with Crippen LogP contribution >= 0.6 is 0 Å². The number of aliphatic hydroxyl groups excluding tert-OH is 1. The van der Waals surface area contributed by atoms with Crippen LogP contribution < -0.4 is 15.4 Å². The highest BCUT2D eigenvalue weighted by molar-refractivity contribution is 5.90. The molecule has 0 aromatic heterocycles. The number of carbonyl (C=O) groups is 3. The Balaban J connectivity index is 1.68. The first-order valence-corrected chi connectivity index (χ1v) is 12.4. The molecule has 0 unspecified atom stereocenters. The fraction of sp³-hybridized carbons (Fsp3) is 0.345. The van der Waals surface area contributed by atoms with Crippen molar-refractivity contribution >= 4 is 28.6 Å². The molecule has 3 N–H and O–H groups in total. The van der Waals surface area contributed by atoms with E-state index in [0.717, 1.165) is 16.3 Å². The molecule has 0 spiro atoms. The van der Waals surface area contributed by atoms with Gasteiger partial charge < -0.3 is 25.2 Å². The molecule has 3 atom stereocenters. The van der Waals surface area contributed by atoms with Crippen LogP contribution in [0.25, 0.3) is 10.8 Å². The van der Waals surface area contributed by atoms with E-state index in [0.29, 0.717) is 5.75 Å². The lowest BCUT2D eigenvalue weighted by Gasteiger charge is -2.27. The molecule has 3 aromatic carbocycles. The molecular formula is C29H34N2O6. The smallest absolute Gasteiger partial charge is 0.337 e. The van der Waals surface area contributed by atoms with Gasteiger partial charge in [0.25, 0.3) is 5.91 Å². The molecule has 0 saturated carbocycles. The number of carbonyl (C=O) groups excluding carboxylic acids is 3. The van der Waals surface area contributed by atoms with Crippen molar-refractivity contribution < 1.29 is 29.0 Å². The van der Waals surface area contributed by atoms with Gasteiger partial charge in [-0.05, 0) is 36.3 Å². The monoisotopic (exact) mass is 506 g/mol. The minimum Gasteiger partial charge on any atom is -0.483 e. The Labute approximate surface area is 217 Å². The second-order valence-corrected chi connectivity index (χ2v) is 9.06. The van der Waals surface area contributed by atoms with Gasteiger partial charge >= 0.3 is 5.97 Å². The molecule has 196 valence electrons. The zero-order valence-electron chi connectivity index (χ0n) is 21.3. The predicted octanol–water partition coefficient (Wildman–Crippen LogP) is 3.01. The first kappa shape index (κ1) is 27.7. The standard InChI is InChI=1S/C29H34N2O6/c1-4-36-29(35)27(33)23(17-20-11-6-5-7-12-20)30-28(34)26(19(2)3)31-25(32)18-37-24-16-10-14-21-13-8-9-15-22(21)24/h5-16,19,23,26-27,33H,4,17-18H2,1-3H3,(H,30,34)(H,31,32)/t23-,26+,27-/m0/s1. The van der Waals surface area contributed by atoms with Gasteiger partial charge in [0.2, 0.25) is 5.91 Å². The number of rotatable bonds is 12. The van der Waals surface area contributed by atoms with Crippen LogP contribution in [0.4, 0.5) is 0 Å². The van der Waals surface area contributed by atoms with Gasteiger partial charge in [-0.3, -0.25) is 9.59 Å². The lowest BCUT2D eigenvalue weighted by atomic mass is 9.98. The maximum atomic E-state index is 13.2. The van der Waals surface area contributed by atoms with Crippen LogP contribution in [0.15, 0.2) is 72.8 Å². The van der Waals surface area contributed by atoms with Crippen molar-refractivity contribution in [1.82, 2.24) is 10.6 Å². The minimum atomic E-state index is -1.57. The average molecular weight is 507 g/mol. The molecule has 0 radical (unpaired) electrons. The molecule has 0 bridgehead atoms. The average Bonchev–Trinajstić information content (AvgIpc) is 2.90.